The molecule has 0 spiro atoms. The highest BCUT2D eigenvalue weighted by Gasteiger charge is 2.16. The molecule has 2 N–H and O–H groups in total. The van der Waals surface area contributed by atoms with E-state index in [2.05, 4.69) is 21.2 Å². The van der Waals surface area contributed by atoms with Gasteiger partial charge >= 0.3 is 5.97 Å². The largest absolute Gasteiger partial charge is 0.493 e. The van der Waals surface area contributed by atoms with Gasteiger partial charge in [-0.3, -0.25) is 0 Å². The van der Waals surface area contributed by atoms with Crippen LogP contribution in [0.25, 0.3) is 0 Å². The lowest BCUT2D eigenvalue weighted by Crippen LogP contribution is -2.07. The number of carboxylic acids is 1. The summed E-state index contributed by atoms with van der Waals surface area (Å²) in [5.74, 6) is 0.00659. The van der Waals surface area contributed by atoms with Gasteiger partial charge < -0.3 is 19.9 Å². The molecule has 3 rings (SSSR count). The zero-order chi connectivity index (χ0) is 22.5. The Labute approximate surface area is 203 Å². The molecular weight excluding hydrogens is 529 g/mol. The van der Waals surface area contributed by atoms with Crippen LogP contribution in [-0.4, -0.2) is 18.2 Å². The van der Waals surface area contributed by atoms with E-state index in [1.807, 2.05) is 12.1 Å². The van der Waals surface area contributed by atoms with Gasteiger partial charge in [-0.25, -0.2) is 4.79 Å². The molecule has 0 radical (unpaired) electrons. The third kappa shape index (κ3) is 5.77. The molecule has 0 heterocycles. The third-order valence-corrected chi connectivity index (χ3v) is 6.23. The van der Waals surface area contributed by atoms with E-state index in [0.717, 1.165) is 15.6 Å². The van der Waals surface area contributed by atoms with Crippen LogP contribution in [0.2, 0.25) is 15.1 Å². The van der Waals surface area contributed by atoms with E-state index in [4.69, 9.17) is 44.3 Å². The summed E-state index contributed by atoms with van der Waals surface area (Å²) in [6.45, 7) is 0.593. The molecule has 0 amide bonds. The fraction of sp³-hybridized carbons (Fsp3) is 0.136. The summed E-state index contributed by atoms with van der Waals surface area (Å²) < 4.78 is 12.4. The second-order valence-corrected chi connectivity index (χ2v) is 8.52. The second-order valence-electron chi connectivity index (χ2n) is 6.45. The first-order valence-corrected chi connectivity index (χ1v) is 10.9. The maximum atomic E-state index is 11.3. The van der Waals surface area contributed by atoms with Crippen molar-refractivity contribution >= 4 is 62.4 Å². The van der Waals surface area contributed by atoms with Crippen LogP contribution in [0.1, 0.15) is 21.5 Å². The maximum absolute atomic E-state index is 11.3. The van der Waals surface area contributed by atoms with Crippen LogP contribution in [0.3, 0.4) is 0 Å². The number of nitrogens with one attached hydrogen (secondary N) is 1. The van der Waals surface area contributed by atoms with E-state index in [1.165, 1.54) is 12.1 Å². The molecule has 31 heavy (non-hydrogen) atoms. The molecular formula is C22H17BrCl3NO4. The van der Waals surface area contributed by atoms with E-state index < -0.39 is 5.97 Å². The van der Waals surface area contributed by atoms with E-state index in [-0.39, 0.29) is 17.2 Å². The van der Waals surface area contributed by atoms with Crippen molar-refractivity contribution in [3.63, 3.8) is 0 Å². The molecule has 0 saturated heterocycles. The predicted octanol–water partition coefficient (Wildman–Crippen LogP) is 7.31. The van der Waals surface area contributed by atoms with Gasteiger partial charge in [0.25, 0.3) is 0 Å². The van der Waals surface area contributed by atoms with Crippen molar-refractivity contribution in [1.29, 1.82) is 0 Å². The van der Waals surface area contributed by atoms with Crippen LogP contribution in [0.4, 0.5) is 5.69 Å². The Balaban J connectivity index is 1.85. The highest BCUT2D eigenvalue weighted by atomic mass is 79.9. The van der Waals surface area contributed by atoms with Gasteiger partial charge in [-0.05, 0) is 48.0 Å². The van der Waals surface area contributed by atoms with E-state index in [1.54, 1.807) is 31.4 Å². The van der Waals surface area contributed by atoms with Crippen molar-refractivity contribution in [2.45, 2.75) is 13.2 Å². The first kappa shape index (κ1) is 23.5. The Morgan fingerprint density at radius 2 is 1.77 bits per heavy atom. The normalized spacial score (nSPS) is 10.6. The zero-order valence-corrected chi connectivity index (χ0v) is 20.1. The van der Waals surface area contributed by atoms with Gasteiger partial charge in [0, 0.05) is 22.3 Å². The predicted molar refractivity (Wildman–Crippen MR) is 127 cm³/mol. The summed E-state index contributed by atoms with van der Waals surface area (Å²) in [7, 11) is 1.56. The minimum atomic E-state index is -1.10. The summed E-state index contributed by atoms with van der Waals surface area (Å²) in [4.78, 5) is 11.3. The number of methoxy groups -OCH3 is 1. The Bertz CT molecular complexity index is 1120. The van der Waals surface area contributed by atoms with Crippen molar-refractivity contribution in [3.8, 4) is 11.5 Å². The number of halogens is 4. The van der Waals surface area contributed by atoms with E-state index in [0.29, 0.717) is 33.8 Å². The van der Waals surface area contributed by atoms with Crippen molar-refractivity contribution in [2.24, 2.45) is 0 Å². The van der Waals surface area contributed by atoms with Gasteiger partial charge in [-0.2, -0.15) is 0 Å². The highest BCUT2D eigenvalue weighted by Crippen LogP contribution is 2.37. The van der Waals surface area contributed by atoms with Crippen LogP contribution in [0.15, 0.2) is 53.0 Å². The number of aromatic carboxylic acids is 1. The van der Waals surface area contributed by atoms with Gasteiger partial charge in [-0.15, -0.1) is 0 Å². The molecule has 0 atom stereocenters. The van der Waals surface area contributed by atoms with E-state index in [9.17, 15) is 9.90 Å². The molecule has 9 heteroatoms. The molecule has 0 unspecified atom stereocenters. The molecule has 0 aliphatic carbocycles. The first-order chi connectivity index (χ1) is 14.8. The number of carboxylic acid groups (broad SMARTS) is 1. The molecule has 162 valence electrons. The van der Waals surface area contributed by atoms with Crippen LogP contribution in [0.5, 0.6) is 11.5 Å². The number of benzene rings is 3. The topological polar surface area (TPSA) is 67.8 Å². The zero-order valence-electron chi connectivity index (χ0n) is 16.2. The number of ether oxygens (including phenoxy) is 2. The fourth-order valence-electron chi connectivity index (χ4n) is 2.84. The average molecular weight is 546 g/mol. The van der Waals surface area contributed by atoms with Gasteiger partial charge in [0.15, 0.2) is 11.5 Å². The van der Waals surface area contributed by atoms with Gasteiger partial charge in [0.2, 0.25) is 0 Å². The molecule has 0 fully saturated rings. The number of anilines is 1. The van der Waals surface area contributed by atoms with Crippen molar-refractivity contribution in [3.05, 3.63) is 84.8 Å². The molecule has 0 aromatic heterocycles. The first-order valence-electron chi connectivity index (χ1n) is 8.99. The summed E-state index contributed by atoms with van der Waals surface area (Å²) >= 11 is 21.6. The quantitative estimate of drug-likeness (QED) is 0.311. The molecule has 0 saturated carbocycles. The number of hydrogen-bond donors (Lipinski definition) is 2. The van der Waals surface area contributed by atoms with Crippen molar-refractivity contribution in [1.82, 2.24) is 0 Å². The standard InChI is InChI=1S/C22H17BrCl3NO4/c1-30-20-7-4-16(23)15(10-27-13-3-6-17(24)14(9-13)22(28)29)21(20)31-11-12-2-5-18(25)19(26)8-12/h2-9,27H,10-11H2,1H3,(H,28,29). The van der Waals surface area contributed by atoms with Crippen LogP contribution in [0, 0.1) is 0 Å². The molecule has 0 bridgehead atoms. The Hall–Kier alpha value is -2.12. The minimum absolute atomic E-state index is 0.0208. The van der Waals surface area contributed by atoms with Gasteiger partial charge in [-0.1, -0.05) is 56.8 Å². The van der Waals surface area contributed by atoms with Gasteiger partial charge in [0.05, 0.1) is 27.7 Å². The lowest BCUT2D eigenvalue weighted by molar-refractivity contribution is 0.0697. The fourth-order valence-corrected chi connectivity index (χ4v) is 3.81. The number of rotatable bonds is 8. The molecule has 0 aliphatic rings. The SMILES string of the molecule is COc1ccc(Br)c(CNc2ccc(Cl)c(C(=O)O)c2)c1OCc1ccc(Cl)c(Cl)c1. The van der Waals surface area contributed by atoms with Gasteiger partial charge in [0.1, 0.15) is 6.61 Å². The smallest absolute Gasteiger partial charge is 0.337 e. The van der Waals surface area contributed by atoms with Crippen molar-refractivity contribution < 1.29 is 19.4 Å². The van der Waals surface area contributed by atoms with Crippen LogP contribution in [-0.2, 0) is 13.2 Å². The Morgan fingerprint density at radius 3 is 2.45 bits per heavy atom. The second kappa shape index (κ2) is 10.5. The summed E-state index contributed by atoms with van der Waals surface area (Å²) in [5, 5.41) is 13.6. The number of carbonyl (C=O) groups is 1. The van der Waals surface area contributed by atoms with Crippen LogP contribution < -0.4 is 14.8 Å². The molecule has 0 aliphatic heterocycles. The molecule has 5 nitrogen and oxygen atoms in total. The third-order valence-electron chi connectivity index (χ3n) is 4.42. The van der Waals surface area contributed by atoms with Crippen LogP contribution >= 0.6 is 50.7 Å². The summed E-state index contributed by atoms with van der Waals surface area (Å²) in [5.41, 5.74) is 2.27. The lowest BCUT2D eigenvalue weighted by atomic mass is 10.1. The molecule has 3 aromatic carbocycles. The molecule has 3 aromatic rings. The Kier molecular flexibility index (Phi) is 7.94. The average Bonchev–Trinajstić information content (AvgIpc) is 2.74. The summed E-state index contributed by atoms with van der Waals surface area (Å²) in [6, 6.07) is 13.7. The monoisotopic (exact) mass is 543 g/mol. The van der Waals surface area contributed by atoms with Crippen molar-refractivity contribution in [2.75, 3.05) is 12.4 Å². The number of hydrogen-bond acceptors (Lipinski definition) is 4. The summed E-state index contributed by atoms with van der Waals surface area (Å²) in [6.07, 6.45) is 0. The minimum Gasteiger partial charge on any atom is -0.493 e. The highest BCUT2D eigenvalue weighted by molar-refractivity contribution is 9.10. The van der Waals surface area contributed by atoms with E-state index >= 15 is 0 Å². The maximum Gasteiger partial charge on any atom is 0.337 e. The Morgan fingerprint density at radius 1 is 1.03 bits per heavy atom. The lowest BCUT2D eigenvalue weighted by Gasteiger charge is -2.18.